The van der Waals surface area contributed by atoms with E-state index in [-0.39, 0.29) is 6.04 Å². The monoisotopic (exact) mass is 145 g/mol. The lowest BCUT2D eigenvalue weighted by molar-refractivity contribution is 0.0909. The maximum Gasteiger partial charge on any atom is 0.0640 e. The summed E-state index contributed by atoms with van der Waals surface area (Å²) >= 11 is 0. The van der Waals surface area contributed by atoms with E-state index in [9.17, 15) is 0 Å². The van der Waals surface area contributed by atoms with Crippen molar-refractivity contribution in [3.05, 3.63) is 0 Å². The van der Waals surface area contributed by atoms with Crippen molar-refractivity contribution in [3.63, 3.8) is 0 Å². The smallest absolute Gasteiger partial charge is 0.0640 e. The summed E-state index contributed by atoms with van der Waals surface area (Å²) in [6, 6.07) is 0.0677. The van der Waals surface area contributed by atoms with E-state index >= 15 is 0 Å². The summed E-state index contributed by atoms with van der Waals surface area (Å²) in [7, 11) is 0. The average molecular weight is 145 g/mol. The van der Waals surface area contributed by atoms with E-state index in [4.69, 9.17) is 15.2 Å². The third-order valence-corrected chi connectivity index (χ3v) is 1.49. The molecule has 1 heterocycles. The largest absolute Gasteiger partial charge is 0.380 e. The summed E-state index contributed by atoms with van der Waals surface area (Å²) in [6.07, 6.45) is 2.18. The molecule has 1 rings (SSSR count). The summed E-state index contributed by atoms with van der Waals surface area (Å²) in [5.74, 6) is 0. The van der Waals surface area contributed by atoms with Gasteiger partial charge in [-0.25, -0.2) is 0 Å². The summed E-state index contributed by atoms with van der Waals surface area (Å²) in [6.45, 7) is 2.94. The number of rotatable bonds is 0. The number of nitrogens with two attached hydrogens (primary N) is 1. The first-order chi connectivity index (χ1) is 4.89. The minimum Gasteiger partial charge on any atom is -0.380 e. The van der Waals surface area contributed by atoms with Gasteiger partial charge in [-0.3, -0.25) is 0 Å². The van der Waals surface area contributed by atoms with Crippen molar-refractivity contribution in [1.82, 2.24) is 0 Å². The van der Waals surface area contributed by atoms with Gasteiger partial charge in [-0.15, -0.1) is 0 Å². The highest BCUT2D eigenvalue weighted by atomic mass is 16.5. The Kier molecular flexibility index (Phi) is 3.72. The Labute approximate surface area is 61.5 Å². The van der Waals surface area contributed by atoms with Gasteiger partial charge >= 0.3 is 0 Å². The molecule has 1 aliphatic heterocycles. The molecule has 0 radical (unpaired) electrons. The average Bonchev–Trinajstić information content (AvgIpc) is 2.02. The Morgan fingerprint density at radius 2 is 1.50 bits per heavy atom. The molecule has 1 aliphatic rings. The molecule has 0 unspecified atom stereocenters. The number of hydrogen-bond donors (Lipinski definition) is 1. The van der Waals surface area contributed by atoms with E-state index in [1.807, 2.05) is 0 Å². The summed E-state index contributed by atoms with van der Waals surface area (Å²) in [5.41, 5.74) is 5.62. The lowest BCUT2D eigenvalue weighted by atomic mass is 10.3. The second-order valence-corrected chi connectivity index (χ2v) is 2.62. The fourth-order valence-corrected chi connectivity index (χ4v) is 0.926. The lowest BCUT2D eigenvalue weighted by Gasteiger charge is -2.08. The van der Waals surface area contributed by atoms with Crippen molar-refractivity contribution < 1.29 is 9.47 Å². The summed E-state index contributed by atoms with van der Waals surface area (Å²) < 4.78 is 10.5. The van der Waals surface area contributed by atoms with E-state index in [2.05, 4.69) is 0 Å². The molecule has 60 valence electrons. The molecule has 3 nitrogen and oxygen atoms in total. The quantitative estimate of drug-likeness (QED) is 0.527. The second-order valence-electron chi connectivity index (χ2n) is 2.62. The van der Waals surface area contributed by atoms with E-state index in [1.165, 1.54) is 0 Å². The number of hydrogen-bond acceptors (Lipinski definition) is 3. The molecule has 0 bridgehead atoms. The van der Waals surface area contributed by atoms with Crippen molar-refractivity contribution in [1.29, 1.82) is 0 Å². The van der Waals surface area contributed by atoms with Gasteiger partial charge in [0.25, 0.3) is 0 Å². The molecule has 0 spiro atoms. The van der Waals surface area contributed by atoms with Crippen LogP contribution in [0.3, 0.4) is 0 Å². The van der Waals surface area contributed by atoms with Gasteiger partial charge in [-0.05, 0) is 12.8 Å². The van der Waals surface area contributed by atoms with Gasteiger partial charge in [-0.2, -0.15) is 0 Å². The first kappa shape index (κ1) is 7.98. The second kappa shape index (κ2) is 4.66. The summed E-state index contributed by atoms with van der Waals surface area (Å²) in [5, 5.41) is 0. The van der Waals surface area contributed by atoms with Gasteiger partial charge in [0.1, 0.15) is 0 Å². The topological polar surface area (TPSA) is 44.5 Å². The summed E-state index contributed by atoms with van der Waals surface area (Å²) in [4.78, 5) is 0. The van der Waals surface area contributed by atoms with Crippen LogP contribution in [0.2, 0.25) is 0 Å². The van der Waals surface area contributed by atoms with Crippen LogP contribution >= 0.6 is 0 Å². The van der Waals surface area contributed by atoms with Crippen LogP contribution in [0.4, 0.5) is 0 Å². The fraction of sp³-hybridized carbons (Fsp3) is 1.00. The normalized spacial score (nSPS) is 24.9. The molecule has 0 amide bonds. The molecule has 0 aromatic rings. The van der Waals surface area contributed by atoms with E-state index < -0.39 is 0 Å². The Morgan fingerprint density at radius 1 is 1.00 bits per heavy atom. The standard InChI is InChI=1S/C7H15NO2/c8-7-5-9-3-1-2-4-10-6-7/h7H,1-6,8H2. The first-order valence-electron chi connectivity index (χ1n) is 3.80. The molecule has 0 atom stereocenters. The van der Waals surface area contributed by atoms with Crippen LogP contribution in [-0.2, 0) is 9.47 Å². The Bertz CT molecular complexity index is 77.7. The van der Waals surface area contributed by atoms with Crippen LogP contribution in [0.1, 0.15) is 12.8 Å². The third-order valence-electron chi connectivity index (χ3n) is 1.49. The van der Waals surface area contributed by atoms with Crippen LogP contribution < -0.4 is 5.73 Å². The van der Waals surface area contributed by atoms with E-state index in [0.29, 0.717) is 13.2 Å². The van der Waals surface area contributed by atoms with Gasteiger partial charge in [0.15, 0.2) is 0 Å². The molecular formula is C7H15NO2. The Hall–Kier alpha value is -0.120. The highest BCUT2D eigenvalue weighted by Gasteiger charge is 2.04. The predicted octanol–water partition coefficient (Wildman–Crippen LogP) is 0.141. The maximum atomic E-state index is 5.62. The maximum absolute atomic E-state index is 5.62. The molecule has 3 heteroatoms. The molecule has 0 saturated carbocycles. The Morgan fingerprint density at radius 3 is 2.00 bits per heavy atom. The minimum absolute atomic E-state index is 0.0677. The van der Waals surface area contributed by atoms with Crippen molar-refractivity contribution >= 4 is 0 Å². The van der Waals surface area contributed by atoms with Crippen LogP contribution in [0.15, 0.2) is 0 Å². The van der Waals surface area contributed by atoms with Gasteiger partial charge in [0.2, 0.25) is 0 Å². The minimum atomic E-state index is 0.0677. The SMILES string of the molecule is NC1COCCCCOC1. The zero-order valence-electron chi connectivity index (χ0n) is 6.21. The Balaban J connectivity index is 2.15. The highest BCUT2D eigenvalue weighted by molar-refractivity contribution is 4.59. The zero-order chi connectivity index (χ0) is 7.23. The molecular weight excluding hydrogens is 130 g/mol. The van der Waals surface area contributed by atoms with Crippen molar-refractivity contribution in [2.24, 2.45) is 5.73 Å². The van der Waals surface area contributed by atoms with Crippen LogP contribution in [-0.4, -0.2) is 32.5 Å². The molecule has 2 N–H and O–H groups in total. The molecule has 0 aromatic heterocycles. The van der Waals surface area contributed by atoms with Gasteiger partial charge in [-0.1, -0.05) is 0 Å². The lowest BCUT2D eigenvalue weighted by Crippen LogP contribution is -2.31. The van der Waals surface area contributed by atoms with E-state index in [1.54, 1.807) is 0 Å². The molecule has 0 aliphatic carbocycles. The third kappa shape index (κ3) is 3.15. The van der Waals surface area contributed by atoms with Crippen LogP contribution in [0.25, 0.3) is 0 Å². The van der Waals surface area contributed by atoms with Crippen LogP contribution in [0, 0.1) is 0 Å². The van der Waals surface area contributed by atoms with Gasteiger partial charge in [0.05, 0.1) is 19.3 Å². The zero-order valence-corrected chi connectivity index (χ0v) is 6.21. The fourth-order valence-electron chi connectivity index (χ4n) is 0.926. The molecule has 1 fully saturated rings. The highest BCUT2D eigenvalue weighted by Crippen LogP contribution is 1.96. The van der Waals surface area contributed by atoms with Gasteiger partial charge < -0.3 is 15.2 Å². The van der Waals surface area contributed by atoms with Crippen molar-refractivity contribution in [3.8, 4) is 0 Å². The molecule has 10 heavy (non-hydrogen) atoms. The predicted molar refractivity (Wildman–Crippen MR) is 38.8 cm³/mol. The molecule has 1 saturated heterocycles. The van der Waals surface area contributed by atoms with Crippen molar-refractivity contribution in [2.45, 2.75) is 18.9 Å². The number of ether oxygens (including phenoxy) is 2. The van der Waals surface area contributed by atoms with E-state index in [0.717, 1.165) is 26.1 Å². The van der Waals surface area contributed by atoms with Crippen LogP contribution in [0.5, 0.6) is 0 Å². The van der Waals surface area contributed by atoms with Crippen molar-refractivity contribution in [2.75, 3.05) is 26.4 Å². The first-order valence-corrected chi connectivity index (χ1v) is 3.80. The van der Waals surface area contributed by atoms with Gasteiger partial charge in [0, 0.05) is 13.2 Å². The molecule has 0 aromatic carbocycles.